The van der Waals surface area contributed by atoms with Crippen molar-refractivity contribution < 1.29 is 15.0 Å². The summed E-state index contributed by atoms with van der Waals surface area (Å²) in [5.41, 5.74) is 5.30. The van der Waals surface area contributed by atoms with Crippen molar-refractivity contribution in [1.29, 1.82) is 0 Å². The van der Waals surface area contributed by atoms with E-state index in [0.29, 0.717) is 13.1 Å². The number of hydrogen-bond donors (Lipinski definition) is 3. The Morgan fingerprint density at radius 2 is 2.25 bits per heavy atom. The maximum absolute atomic E-state index is 10.3. The molecule has 0 heterocycles. The van der Waals surface area contributed by atoms with Gasteiger partial charge in [0.1, 0.15) is 6.04 Å². The van der Waals surface area contributed by atoms with Crippen molar-refractivity contribution in [3.8, 4) is 0 Å². The van der Waals surface area contributed by atoms with E-state index in [1.165, 1.54) is 0 Å². The second-order valence-corrected chi connectivity index (χ2v) is 2.56. The first-order chi connectivity index (χ1) is 5.61. The highest BCUT2D eigenvalue weighted by molar-refractivity contribution is 5.73. The zero-order valence-corrected chi connectivity index (χ0v) is 7.23. The maximum Gasteiger partial charge on any atom is 0.321 e. The van der Waals surface area contributed by atoms with Crippen molar-refractivity contribution in [3.05, 3.63) is 0 Å². The molecule has 0 spiro atoms. The van der Waals surface area contributed by atoms with Gasteiger partial charge in [-0.1, -0.05) is 6.92 Å². The SMILES string of the molecule is CCN(CCO)CC(N)C(=O)O. The van der Waals surface area contributed by atoms with Crippen LogP contribution in [0.2, 0.25) is 0 Å². The number of aliphatic carboxylic acids is 1. The Hall–Kier alpha value is -0.650. The molecule has 0 bridgehead atoms. The van der Waals surface area contributed by atoms with Crippen LogP contribution in [0.1, 0.15) is 6.92 Å². The van der Waals surface area contributed by atoms with Crippen LogP contribution in [-0.4, -0.2) is 53.4 Å². The van der Waals surface area contributed by atoms with Gasteiger partial charge >= 0.3 is 5.97 Å². The first kappa shape index (κ1) is 11.4. The molecule has 0 radical (unpaired) electrons. The molecule has 0 saturated heterocycles. The maximum atomic E-state index is 10.3. The number of hydrogen-bond acceptors (Lipinski definition) is 4. The van der Waals surface area contributed by atoms with E-state index in [4.69, 9.17) is 15.9 Å². The van der Waals surface area contributed by atoms with Crippen LogP contribution in [0.5, 0.6) is 0 Å². The lowest BCUT2D eigenvalue weighted by Crippen LogP contribution is -2.43. The fraction of sp³-hybridized carbons (Fsp3) is 0.857. The highest BCUT2D eigenvalue weighted by Crippen LogP contribution is 1.89. The van der Waals surface area contributed by atoms with Gasteiger partial charge in [-0.05, 0) is 6.54 Å². The Kier molecular flexibility index (Phi) is 5.61. The third kappa shape index (κ3) is 4.27. The number of aliphatic hydroxyl groups excluding tert-OH is 1. The van der Waals surface area contributed by atoms with Gasteiger partial charge in [0.2, 0.25) is 0 Å². The molecule has 0 aromatic rings. The number of aliphatic hydroxyl groups is 1. The summed E-state index contributed by atoms with van der Waals surface area (Å²) in [7, 11) is 0. The number of rotatable bonds is 6. The van der Waals surface area contributed by atoms with E-state index in [0.717, 1.165) is 0 Å². The molecule has 5 heteroatoms. The van der Waals surface area contributed by atoms with E-state index in [-0.39, 0.29) is 13.2 Å². The van der Waals surface area contributed by atoms with Gasteiger partial charge in [0, 0.05) is 13.1 Å². The minimum absolute atomic E-state index is 0.0280. The largest absolute Gasteiger partial charge is 0.480 e. The van der Waals surface area contributed by atoms with Gasteiger partial charge in [0.05, 0.1) is 6.61 Å². The summed E-state index contributed by atoms with van der Waals surface area (Å²) >= 11 is 0. The molecule has 1 unspecified atom stereocenters. The van der Waals surface area contributed by atoms with E-state index in [2.05, 4.69) is 0 Å². The molecule has 12 heavy (non-hydrogen) atoms. The third-order valence-electron chi connectivity index (χ3n) is 1.64. The van der Waals surface area contributed by atoms with Gasteiger partial charge in [-0.2, -0.15) is 0 Å². The Morgan fingerprint density at radius 3 is 2.58 bits per heavy atom. The number of likely N-dealkylation sites (N-methyl/N-ethyl adjacent to an activating group) is 1. The Labute approximate surface area is 71.8 Å². The topological polar surface area (TPSA) is 86.8 Å². The van der Waals surface area contributed by atoms with Crippen LogP contribution >= 0.6 is 0 Å². The molecular weight excluding hydrogens is 160 g/mol. The van der Waals surface area contributed by atoms with Crippen LogP contribution in [-0.2, 0) is 4.79 Å². The summed E-state index contributed by atoms with van der Waals surface area (Å²) in [6, 6.07) is -0.864. The van der Waals surface area contributed by atoms with Crippen LogP contribution in [0.4, 0.5) is 0 Å². The van der Waals surface area contributed by atoms with Crippen LogP contribution in [0.3, 0.4) is 0 Å². The lowest BCUT2D eigenvalue weighted by atomic mass is 10.3. The molecule has 0 aromatic heterocycles. The van der Waals surface area contributed by atoms with Gasteiger partial charge in [-0.25, -0.2) is 0 Å². The van der Waals surface area contributed by atoms with E-state index in [9.17, 15) is 4.79 Å². The summed E-state index contributed by atoms with van der Waals surface area (Å²) in [6.45, 7) is 3.37. The molecule has 0 aromatic carbocycles. The average Bonchev–Trinajstić information content (AvgIpc) is 2.03. The Bertz CT molecular complexity index is 141. The van der Waals surface area contributed by atoms with Crippen LogP contribution < -0.4 is 5.73 Å². The number of carboxylic acid groups (broad SMARTS) is 1. The molecular formula is C7H16N2O3. The molecule has 1 atom stereocenters. The monoisotopic (exact) mass is 176 g/mol. The zero-order valence-electron chi connectivity index (χ0n) is 7.23. The molecule has 0 amide bonds. The normalized spacial score (nSPS) is 13.3. The van der Waals surface area contributed by atoms with Crippen LogP contribution in [0.25, 0.3) is 0 Å². The molecule has 0 aliphatic carbocycles. The van der Waals surface area contributed by atoms with Crippen molar-refractivity contribution in [2.75, 3.05) is 26.2 Å². The summed E-state index contributed by atoms with van der Waals surface area (Å²) < 4.78 is 0. The number of nitrogens with two attached hydrogens (primary N) is 1. The molecule has 72 valence electrons. The van der Waals surface area contributed by atoms with E-state index in [1.54, 1.807) is 4.90 Å². The lowest BCUT2D eigenvalue weighted by Gasteiger charge is -2.20. The van der Waals surface area contributed by atoms with E-state index in [1.807, 2.05) is 6.92 Å². The fourth-order valence-corrected chi connectivity index (χ4v) is 0.876. The zero-order chi connectivity index (χ0) is 9.56. The minimum Gasteiger partial charge on any atom is -0.480 e. The highest BCUT2D eigenvalue weighted by Gasteiger charge is 2.14. The van der Waals surface area contributed by atoms with Gasteiger partial charge in [0.15, 0.2) is 0 Å². The second kappa shape index (κ2) is 5.93. The molecule has 0 aliphatic rings. The molecule has 0 fully saturated rings. The van der Waals surface area contributed by atoms with Crippen molar-refractivity contribution >= 4 is 5.97 Å². The number of carboxylic acids is 1. The fourth-order valence-electron chi connectivity index (χ4n) is 0.876. The summed E-state index contributed by atoms with van der Waals surface area (Å²) in [5, 5.41) is 17.1. The van der Waals surface area contributed by atoms with Crippen molar-refractivity contribution in [2.24, 2.45) is 5.73 Å². The van der Waals surface area contributed by atoms with Gasteiger partial charge < -0.3 is 15.9 Å². The number of nitrogens with zero attached hydrogens (tertiary/aromatic N) is 1. The molecule has 0 aliphatic heterocycles. The predicted octanol–water partition coefficient (Wildman–Crippen LogP) is -1.29. The second-order valence-electron chi connectivity index (χ2n) is 2.56. The van der Waals surface area contributed by atoms with E-state index < -0.39 is 12.0 Å². The average molecular weight is 176 g/mol. The van der Waals surface area contributed by atoms with Crippen LogP contribution in [0, 0.1) is 0 Å². The first-order valence-corrected chi connectivity index (χ1v) is 3.93. The molecule has 4 N–H and O–H groups in total. The lowest BCUT2D eigenvalue weighted by molar-refractivity contribution is -0.139. The van der Waals surface area contributed by atoms with Crippen LogP contribution in [0.15, 0.2) is 0 Å². The van der Waals surface area contributed by atoms with Crippen molar-refractivity contribution in [1.82, 2.24) is 4.90 Å². The smallest absolute Gasteiger partial charge is 0.321 e. The number of carbonyl (C=O) groups is 1. The van der Waals surface area contributed by atoms with Gasteiger partial charge in [0.25, 0.3) is 0 Å². The van der Waals surface area contributed by atoms with E-state index >= 15 is 0 Å². The van der Waals surface area contributed by atoms with Crippen molar-refractivity contribution in [2.45, 2.75) is 13.0 Å². The molecule has 0 rings (SSSR count). The molecule has 0 saturated carbocycles. The summed E-state index contributed by atoms with van der Waals surface area (Å²) in [6.07, 6.45) is 0. The Balaban J connectivity index is 3.76. The summed E-state index contributed by atoms with van der Waals surface area (Å²) in [4.78, 5) is 12.1. The van der Waals surface area contributed by atoms with Crippen molar-refractivity contribution in [3.63, 3.8) is 0 Å². The standard InChI is InChI=1S/C7H16N2O3/c1-2-9(3-4-10)5-6(8)7(11)12/h6,10H,2-5,8H2,1H3,(H,11,12). The summed E-state index contributed by atoms with van der Waals surface area (Å²) in [5.74, 6) is -1.01. The third-order valence-corrected chi connectivity index (χ3v) is 1.64. The quantitative estimate of drug-likeness (QED) is 0.469. The van der Waals surface area contributed by atoms with Gasteiger partial charge in [-0.3, -0.25) is 9.69 Å². The molecule has 5 nitrogen and oxygen atoms in total. The van der Waals surface area contributed by atoms with Gasteiger partial charge in [-0.15, -0.1) is 0 Å². The predicted molar refractivity (Wildman–Crippen MR) is 44.8 cm³/mol. The Morgan fingerprint density at radius 1 is 1.67 bits per heavy atom. The first-order valence-electron chi connectivity index (χ1n) is 3.93. The minimum atomic E-state index is -1.01. The highest BCUT2D eigenvalue weighted by atomic mass is 16.4.